The fourth-order valence-corrected chi connectivity index (χ4v) is 1.89. The lowest BCUT2D eigenvalue weighted by Gasteiger charge is -2.07. The summed E-state index contributed by atoms with van der Waals surface area (Å²) in [6.45, 7) is 0.798. The van der Waals surface area contributed by atoms with Crippen LogP contribution in [0.2, 0.25) is 0 Å². The Morgan fingerprint density at radius 1 is 0.947 bits per heavy atom. The van der Waals surface area contributed by atoms with Crippen LogP contribution >= 0.6 is 0 Å². The number of nitrogens with one attached hydrogen (secondary N) is 2. The fraction of sp³-hybridized carbons (Fsp3) is 0.0667. The molecule has 2 N–H and O–H groups in total. The van der Waals surface area contributed by atoms with Gasteiger partial charge in [0.1, 0.15) is 0 Å². The van der Waals surface area contributed by atoms with E-state index in [1.807, 2.05) is 18.3 Å². The fourth-order valence-electron chi connectivity index (χ4n) is 1.89. The van der Waals surface area contributed by atoms with E-state index in [0.29, 0.717) is 0 Å². The van der Waals surface area contributed by atoms with Crippen LogP contribution in [0.3, 0.4) is 0 Å². The monoisotopic (exact) mass is 250 g/mol. The first kappa shape index (κ1) is 11.5. The molecule has 94 valence electrons. The Morgan fingerprint density at radius 3 is 2.42 bits per heavy atom. The van der Waals surface area contributed by atoms with E-state index in [0.717, 1.165) is 23.5 Å². The maximum absolute atomic E-state index is 4.02. The molecular formula is C15H14N4. The number of aromatic nitrogens is 3. The van der Waals surface area contributed by atoms with Crippen molar-refractivity contribution in [2.75, 3.05) is 5.32 Å². The first-order chi connectivity index (χ1) is 9.42. The molecular weight excluding hydrogens is 236 g/mol. The second-order valence-electron chi connectivity index (χ2n) is 4.25. The van der Waals surface area contributed by atoms with E-state index in [4.69, 9.17) is 0 Å². The smallest absolute Gasteiger partial charge is 0.0924 e. The van der Waals surface area contributed by atoms with Crippen molar-refractivity contribution >= 4 is 5.69 Å². The SMILES string of the molecule is c1cc(CNc2ccc(-c3cnc[nH]3)cc2)ccn1. The number of hydrogen-bond acceptors (Lipinski definition) is 3. The number of pyridine rings is 1. The maximum Gasteiger partial charge on any atom is 0.0924 e. The second kappa shape index (κ2) is 5.35. The Labute approximate surface area is 111 Å². The van der Waals surface area contributed by atoms with Gasteiger partial charge in [0.2, 0.25) is 0 Å². The molecule has 0 unspecified atom stereocenters. The Bertz CT molecular complexity index is 615. The van der Waals surface area contributed by atoms with E-state index in [2.05, 4.69) is 44.5 Å². The summed E-state index contributed by atoms with van der Waals surface area (Å²) >= 11 is 0. The number of H-pyrrole nitrogens is 1. The molecule has 0 fully saturated rings. The molecule has 2 heterocycles. The zero-order valence-electron chi connectivity index (χ0n) is 10.4. The van der Waals surface area contributed by atoms with Crippen molar-refractivity contribution in [2.24, 2.45) is 0 Å². The number of aromatic amines is 1. The first-order valence-corrected chi connectivity index (χ1v) is 6.13. The van der Waals surface area contributed by atoms with Gasteiger partial charge in [0.25, 0.3) is 0 Å². The minimum absolute atomic E-state index is 0.798. The molecule has 19 heavy (non-hydrogen) atoms. The number of nitrogens with zero attached hydrogens (tertiary/aromatic N) is 2. The van der Waals surface area contributed by atoms with Gasteiger partial charge >= 0.3 is 0 Å². The van der Waals surface area contributed by atoms with Crippen LogP contribution in [-0.2, 0) is 6.54 Å². The molecule has 0 aliphatic carbocycles. The Morgan fingerprint density at radius 2 is 1.74 bits per heavy atom. The summed E-state index contributed by atoms with van der Waals surface area (Å²) in [5.74, 6) is 0. The first-order valence-electron chi connectivity index (χ1n) is 6.13. The molecule has 0 saturated heterocycles. The molecule has 0 bridgehead atoms. The van der Waals surface area contributed by atoms with Gasteiger partial charge in [-0.1, -0.05) is 12.1 Å². The standard InChI is InChI=1S/C15H14N4/c1-3-14(18-9-12-5-7-16-8-6-12)4-2-13(1)15-10-17-11-19-15/h1-8,10-11,18H,9H2,(H,17,19). The van der Waals surface area contributed by atoms with Gasteiger partial charge in [-0.05, 0) is 35.4 Å². The number of benzene rings is 1. The second-order valence-corrected chi connectivity index (χ2v) is 4.25. The average Bonchev–Trinajstić information content (AvgIpc) is 3.01. The van der Waals surface area contributed by atoms with Crippen LogP contribution in [0.5, 0.6) is 0 Å². The normalized spacial score (nSPS) is 10.3. The molecule has 0 aliphatic heterocycles. The largest absolute Gasteiger partial charge is 0.381 e. The minimum Gasteiger partial charge on any atom is -0.381 e. The molecule has 0 radical (unpaired) electrons. The van der Waals surface area contributed by atoms with Crippen LogP contribution in [0.1, 0.15) is 5.56 Å². The third kappa shape index (κ3) is 2.80. The van der Waals surface area contributed by atoms with E-state index in [1.165, 1.54) is 5.56 Å². The predicted molar refractivity (Wildman–Crippen MR) is 75.6 cm³/mol. The van der Waals surface area contributed by atoms with Crippen LogP contribution in [0.4, 0.5) is 5.69 Å². The highest BCUT2D eigenvalue weighted by Gasteiger charge is 1.99. The van der Waals surface area contributed by atoms with Crippen molar-refractivity contribution in [1.82, 2.24) is 15.0 Å². The lowest BCUT2D eigenvalue weighted by molar-refractivity contribution is 1.13. The Hall–Kier alpha value is -2.62. The number of anilines is 1. The van der Waals surface area contributed by atoms with Crippen molar-refractivity contribution < 1.29 is 0 Å². The molecule has 4 heteroatoms. The summed E-state index contributed by atoms with van der Waals surface area (Å²) in [6.07, 6.45) is 7.11. The highest BCUT2D eigenvalue weighted by atomic mass is 14.9. The van der Waals surface area contributed by atoms with E-state index < -0.39 is 0 Å². The van der Waals surface area contributed by atoms with Gasteiger partial charge in [-0.3, -0.25) is 4.98 Å². The highest BCUT2D eigenvalue weighted by Crippen LogP contribution is 2.19. The molecule has 0 spiro atoms. The summed E-state index contributed by atoms with van der Waals surface area (Å²) in [5, 5.41) is 3.38. The third-order valence-electron chi connectivity index (χ3n) is 2.94. The van der Waals surface area contributed by atoms with E-state index in [9.17, 15) is 0 Å². The highest BCUT2D eigenvalue weighted by molar-refractivity contribution is 5.61. The van der Waals surface area contributed by atoms with Crippen LogP contribution in [0.25, 0.3) is 11.3 Å². The number of rotatable bonds is 4. The van der Waals surface area contributed by atoms with Crippen molar-refractivity contribution in [3.63, 3.8) is 0 Å². The van der Waals surface area contributed by atoms with Crippen LogP contribution in [0, 0.1) is 0 Å². The van der Waals surface area contributed by atoms with Gasteiger partial charge in [-0.2, -0.15) is 0 Å². The lowest BCUT2D eigenvalue weighted by Crippen LogP contribution is -1.98. The Kier molecular flexibility index (Phi) is 3.23. The van der Waals surface area contributed by atoms with Crippen LogP contribution in [-0.4, -0.2) is 15.0 Å². The molecule has 0 amide bonds. The van der Waals surface area contributed by atoms with Gasteiger partial charge < -0.3 is 10.3 Å². The van der Waals surface area contributed by atoms with Gasteiger partial charge in [0.05, 0.1) is 18.2 Å². The summed E-state index contributed by atoms with van der Waals surface area (Å²) in [6, 6.07) is 12.3. The molecule has 0 atom stereocenters. The zero-order valence-corrected chi connectivity index (χ0v) is 10.4. The quantitative estimate of drug-likeness (QED) is 0.748. The minimum atomic E-state index is 0.798. The summed E-state index contributed by atoms with van der Waals surface area (Å²) in [5.41, 5.74) is 4.47. The van der Waals surface area contributed by atoms with Crippen LogP contribution in [0.15, 0.2) is 61.3 Å². The average molecular weight is 250 g/mol. The summed E-state index contributed by atoms with van der Waals surface area (Å²) in [7, 11) is 0. The zero-order chi connectivity index (χ0) is 12.9. The van der Waals surface area contributed by atoms with Crippen molar-refractivity contribution in [3.05, 3.63) is 66.9 Å². The molecule has 2 aromatic heterocycles. The van der Waals surface area contributed by atoms with Gasteiger partial charge in [0, 0.05) is 24.6 Å². The lowest BCUT2D eigenvalue weighted by atomic mass is 10.1. The van der Waals surface area contributed by atoms with Crippen LogP contribution < -0.4 is 5.32 Å². The van der Waals surface area contributed by atoms with E-state index >= 15 is 0 Å². The number of imidazole rings is 1. The molecule has 0 saturated carbocycles. The summed E-state index contributed by atoms with van der Waals surface area (Å²) < 4.78 is 0. The van der Waals surface area contributed by atoms with E-state index in [-0.39, 0.29) is 0 Å². The topological polar surface area (TPSA) is 53.6 Å². The third-order valence-corrected chi connectivity index (χ3v) is 2.94. The van der Waals surface area contributed by atoms with Gasteiger partial charge in [-0.15, -0.1) is 0 Å². The van der Waals surface area contributed by atoms with Crippen molar-refractivity contribution in [1.29, 1.82) is 0 Å². The van der Waals surface area contributed by atoms with E-state index in [1.54, 1.807) is 18.7 Å². The molecule has 1 aromatic carbocycles. The van der Waals surface area contributed by atoms with Crippen molar-refractivity contribution in [3.8, 4) is 11.3 Å². The molecule has 0 aliphatic rings. The summed E-state index contributed by atoms with van der Waals surface area (Å²) in [4.78, 5) is 11.1. The Balaban J connectivity index is 1.67. The number of hydrogen-bond donors (Lipinski definition) is 2. The van der Waals surface area contributed by atoms with Gasteiger partial charge in [-0.25, -0.2) is 4.98 Å². The van der Waals surface area contributed by atoms with Crippen molar-refractivity contribution in [2.45, 2.75) is 6.54 Å². The molecule has 3 rings (SSSR count). The van der Waals surface area contributed by atoms with Gasteiger partial charge in [0.15, 0.2) is 0 Å². The molecule has 3 aromatic rings. The molecule has 4 nitrogen and oxygen atoms in total. The predicted octanol–water partition coefficient (Wildman–Crippen LogP) is 3.08. The maximum atomic E-state index is 4.02.